The molecule has 0 amide bonds. The Labute approximate surface area is 123 Å². The normalized spacial score (nSPS) is 20.6. The first-order valence-corrected chi connectivity index (χ1v) is 7.80. The van der Waals surface area contributed by atoms with Gasteiger partial charge in [-0.3, -0.25) is 9.69 Å². The summed E-state index contributed by atoms with van der Waals surface area (Å²) in [6, 6.07) is 8.09. The first kappa shape index (κ1) is 15.2. The third-order valence-corrected chi connectivity index (χ3v) is 4.73. The van der Waals surface area contributed by atoms with E-state index in [1.165, 1.54) is 18.4 Å². The third kappa shape index (κ3) is 3.49. The monoisotopic (exact) mass is 273 g/mol. The maximum absolute atomic E-state index is 12.6. The fourth-order valence-electron chi connectivity index (χ4n) is 2.83. The first-order chi connectivity index (χ1) is 9.43. The summed E-state index contributed by atoms with van der Waals surface area (Å²) in [5.74, 6) is 0.257. The Bertz CT molecular complexity index is 451. The SMILES string of the molecule is CCc1ccc(C(=O)C(C)N2CCC(C)(C)CC2)cc1. The van der Waals surface area contributed by atoms with Crippen molar-refractivity contribution in [3.8, 4) is 0 Å². The molecule has 20 heavy (non-hydrogen) atoms. The summed E-state index contributed by atoms with van der Waals surface area (Å²) in [6.07, 6.45) is 3.38. The van der Waals surface area contributed by atoms with E-state index in [9.17, 15) is 4.79 Å². The van der Waals surface area contributed by atoms with Crippen LogP contribution in [-0.4, -0.2) is 29.8 Å². The van der Waals surface area contributed by atoms with Gasteiger partial charge in [0.15, 0.2) is 5.78 Å². The second-order valence-electron chi connectivity index (χ2n) is 6.79. The minimum absolute atomic E-state index is 0.00132. The number of hydrogen-bond acceptors (Lipinski definition) is 2. The Morgan fingerprint density at radius 2 is 1.75 bits per heavy atom. The third-order valence-electron chi connectivity index (χ3n) is 4.73. The Kier molecular flexibility index (Phi) is 4.64. The lowest BCUT2D eigenvalue weighted by atomic mass is 9.82. The van der Waals surface area contributed by atoms with Crippen LogP contribution < -0.4 is 0 Å². The molecule has 1 aromatic carbocycles. The van der Waals surface area contributed by atoms with Crippen LogP contribution in [0, 0.1) is 5.41 Å². The van der Waals surface area contributed by atoms with Gasteiger partial charge in [0.2, 0.25) is 0 Å². The van der Waals surface area contributed by atoms with Crippen molar-refractivity contribution in [1.82, 2.24) is 4.90 Å². The van der Waals surface area contributed by atoms with Crippen molar-refractivity contribution in [3.63, 3.8) is 0 Å². The summed E-state index contributed by atoms with van der Waals surface area (Å²) < 4.78 is 0. The van der Waals surface area contributed by atoms with Gasteiger partial charge in [-0.25, -0.2) is 0 Å². The van der Waals surface area contributed by atoms with Gasteiger partial charge < -0.3 is 0 Å². The van der Waals surface area contributed by atoms with Gasteiger partial charge in [-0.15, -0.1) is 0 Å². The van der Waals surface area contributed by atoms with Gasteiger partial charge in [0.05, 0.1) is 6.04 Å². The Morgan fingerprint density at radius 3 is 2.25 bits per heavy atom. The maximum Gasteiger partial charge on any atom is 0.179 e. The number of rotatable bonds is 4. The van der Waals surface area contributed by atoms with Gasteiger partial charge in [0.1, 0.15) is 0 Å². The zero-order chi connectivity index (χ0) is 14.8. The van der Waals surface area contributed by atoms with Gasteiger partial charge in [0.25, 0.3) is 0 Å². The van der Waals surface area contributed by atoms with Crippen LogP contribution in [-0.2, 0) is 6.42 Å². The molecule has 1 aromatic rings. The zero-order valence-corrected chi connectivity index (χ0v) is 13.3. The maximum atomic E-state index is 12.6. The highest BCUT2D eigenvalue weighted by Crippen LogP contribution is 2.30. The Balaban J connectivity index is 2.01. The minimum Gasteiger partial charge on any atom is -0.293 e. The highest BCUT2D eigenvalue weighted by atomic mass is 16.1. The van der Waals surface area contributed by atoms with Crippen LogP contribution in [0.2, 0.25) is 0 Å². The molecule has 0 spiro atoms. The molecule has 0 N–H and O–H groups in total. The van der Waals surface area contributed by atoms with Crippen LogP contribution in [0.15, 0.2) is 24.3 Å². The van der Waals surface area contributed by atoms with Crippen molar-refractivity contribution in [2.45, 2.75) is 53.0 Å². The van der Waals surface area contributed by atoms with Crippen molar-refractivity contribution in [1.29, 1.82) is 0 Å². The summed E-state index contributed by atoms with van der Waals surface area (Å²) in [7, 11) is 0. The van der Waals surface area contributed by atoms with Gasteiger partial charge in [-0.1, -0.05) is 45.0 Å². The molecule has 2 nitrogen and oxygen atoms in total. The topological polar surface area (TPSA) is 20.3 Å². The van der Waals surface area contributed by atoms with Gasteiger partial charge in [-0.05, 0) is 50.3 Å². The molecule has 1 aliphatic heterocycles. The van der Waals surface area contributed by atoms with E-state index in [0.29, 0.717) is 5.41 Å². The molecule has 1 unspecified atom stereocenters. The summed E-state index contributed by atoms with van der Waals surface area (Å²) in [6.45, 7) is 10.9. The number of aryl methyl sites for hydroxylation is 1. The molecule has 2 heteroatoms. The lowest BCUT2D eigenvalue weighted by molar-refractivity contribution is 0.0687. The molecule has 1 fully saturated rings. The molecule has 110 valence electrons. The lowest BCUT2D eigenvalue weighted by Crippen LogP contribution is -2.45. The second-order valence-corrected chi connectivity index (χ2v) is 6.79. The molecule has 0 aromatic heterocycles. The number of ketones is 1. The molecule has 0 radical (unpaired) electrons. The zero-order valence-electron chi connectivity index (χ0n) is 13.3. The fraction of sp³-hybridized carbons (Fsp3) is 0.611. The van der Waals surface area contributed by atoms with E-state index in [2.05, 4.69) is 37.8 Å². The summed E-state index contributed by atoms with van der Waals surface area (Å²) >= 11 is 0. The average molecular weight is 273 g/mol. The van der Waals surface area contributed by atoms with Gasteiger partial charge >= 0.3 is 0 Å². The number of carbonyl (C=O) groups is 1. The fourth-order valence-corrected chi connectivity index (χ4v) is 2.83. The summed E-state index contributed by atoms with van der Waals surface area (Å²) in [5, 5.41) is 0. The van der Waals surface area contributed by atoms with Crippen molar-refractivity contribution in [2.75, 3.05) is 13.1 Å². The molecule has 1 heterocycles. The largest absolute Gasteiger partial charge is 0.293 e. The average Bonchev–Trinajstić information content (AvgIpc) is 2.46. The molecule has 0 bridgehead atoms. The quantitative estimate of drug-likeness (QED) is 0.774. The van der Waals surface area contributed by atoms with Crippen molar-refractivity contribution < 1.29 is 4.79 Å². The molecule has 1 saturated heterocycles. The van der Waals surface area contributed by atoms with Crippen LogP contribution in [0.3, 0.4) is 0 Å². The molecular weight excluding hydrogens is 246 g/mol. The number of hydrogen-bond donors (Lipinski definition) is 0. The molecule has 1 aliphatic rings. The minimum atomic E-state index is -0.00132. The number of nitrogens with zero attached hydrogens (tertiary/aromatic N) is 1. The second kappa shape index (κ2) is 6.09. The highest BCUT2D eigenvalue weighted by Gasteiger charge is 2.30. The number of benzene rings is 1. The molecule has 0 aliphatic carbocycles. The van der Waals surface area contributed by atoms with E-state index in [-0.39, 0.29) is 11.8 Å². The molecular formula is C18H27NO. The predicted molar refractivity (Wildman–Crippen MR) is 84.2 cm³/mol. The van der Waals surface area contributed by atoms with Gasteiger partial charge in [0, 0.05) is 5.56 Å². The van der Waals surface area contributed by atoms with Crippen LogP contribution in [0.5, 0.6) is 0 Å². The highest BCUT2D eigenvalue weighted by molar-refractivity contribution is 5.99. The van der Waals surface area contributed by atoms with Crippen LogP contribution in [0.25, 0.3) is 0 Å². The molecule has 0 saturated carbocycles. The van der Waals surface area contributed by atoms with E-state index < -0.39 is 0 Å². The predicted octanol–water partition coefficient (Wildman–Crippen LogP) is 3.94. The van der Waals surface area contributed by atoms with Crippen molar-refractivity contribution in [2.24, 2.45) is 5.41 Å². The van der Waals surface area contributed by atoms with E-state index in [0.717, 1.165) is 25.1 Å². The van der Waals surface area contributed by atoms with Crippen LogP contribution in [0.1, 0.15) is 56.5 Å². The Morgan fingerprint density at radius 1 is 1.20 bits per heavy atom. The number of carbonyl (C=O) groups excluding carboxylic acids is 1. The van der Waals surface area contributed by atoms with E-state index >= 15 is 0 Å². The number of likely N-dealkylation sites (tertiary alicyclic amines) is 1. The van der Waals surface area contributed by atoms with Crippen LogP contribution >= 0.6 is 0 Å². The van der Waals surface area contributed by atoms with E-state index in [1.807, 2.05) is 19.1 Å². The Hall–Kier alpha value is -1.15. The summed E-state index contributed by atoms with van der Waals surface area (Å²) in [5.41, 5.74) is 2.57. The first-order valence-electron chi connectivity index (χ1n) is 7.80. The van der Waals surface area contributed by atoms with Crippen LogP contribution in [0.4, 0.5) is 0 Å². The van der Waals surface area contributed by atoms with Crippen molar-refractivity contribution >= 4 is 5.78 Å². The van der Waals surface area contributed by atoms with Gasteiger partial charge in [-0.2, -0.15) is 0 Å². The summed E-state index contributed by atoms with van der Waals surface area (Å²) in [4.78, 5) is 14.9. The van der Waals surface area contributed by atoms with E-state index in [4.69, 9.17) is 0 Å². The standard InChI is InChI=1S/C18H27NO/c1-5-15-6-8-16(9-7-15)17(20)14(2)19-12-10-18(3,4)11-13-19/h6-9,14H,5,10-13H2,1-4H3. The lowest BCUT2D eigenvalue weighted by Gasteiger charge is -2.39. The number of Topliss-reactive ketones (excluding diaryl/α,β-unsaturated/α-hetero) is 1. The van der Waals surface area contributed by atoms with Crippen molar-refractivity contribution in [3.05, 3.63) is 35.4 Å². The number of piperidine rings is 1. The smallest absolute Gasteiger partial charge is 0.179 e. The molecule has 2 rings (SSSR count). The molecule has 1 atom stereocenters. The van der Waals surface area contributed by atoms with E-state index in [1.54, 1.807) is 0 Å².